The molecule has 0 spiro atoms. The minimum atomic E-state index is -0.538. The molecule has 0 aliphatic carbocycles. The van der Waals surface area contributed by atoms with Crippen LogP contribution in [0.4, 0.5) is 4.79 Å². The highest BCUT2D eigenvalue weighted by Crippen LogP contribution is 2.29. The van der Waals surface area contributed by atoms with E-state index in [-0.39, 0.29) is 12.1 Å². The molecule has 1 fully saturated rings. The van der Waals surface area contributed by atoms with Gasteiger partial charge < -0.3 is 10.1 Å². The first-order chi connectivity index (χ1) is 9.78. The number of carbonyl (C=O) groups excluding carboxylic acids is 1. The van der Waals surface area contributed by atoms with Crippen LogP contribution in [0.1, 0.15) is 32.5 Å². The fourth-order valence-corrected chi connectivity index (χ4v) is 2.66. The van der Waals surface area contributed by atoms with Gasteiger partial charge in [-0.05, 0) is 26.8 Å². The third-order valence-corrected chi connectivity index (χ3v) is 3.53. The number of carbonyl (C=O) groups is 1. The van der Waals surface area contributed by atoms with E-state index in [9.17, 15) is 4.79 Å². The van der Waals surface area contributed by atoms with Crippen molar-refractivity contribution < 1.29 is 9.53 Å². The second-order valence-electron chi connectivity index (χ2n) is 5.91. The summed E-state index contributed by atoms with van der Waals surface area (Å²) in [6, 6.07) is 1.37. The van der Waals surface area contributed by atoms with Crippen LogP contribution in [-0.4, -0.2) is 41.2 Å². The quantitative estimate of drug-likeness (QED) is 0.858. The topological polar surface area (TPSA) is 54.5 Å². The standard InChI is InChI=1S/C14H19Cl2N3O2/c1-14(2,3)21-13(20)19-5-4-17-8-11(19)12-10(16)6-9(15)7-18-12/h6-7,11,17H,4-5,8H2,1-3H3. The van der Waals surface area contributed by atoms with E-state index in [1.165, 1.54) is 6.20 Å². The molecule has 2 heterocycles. The maximum Gasteiger partial charge on any atom is 0.410 e. The number of hydrogen-bond donors (Lipinski definition) is 1. The van der Waals surface area contributed by atoms with Gasteiger partial charge in [0.25, 0.3) is 0 Å². The number of aromatic nitrogens is 1. The maximum absolute atomic E-state index is 12.4. The number of hydrogen-bond acceptors (Lipinski definition) is 4. The van der Waals surface area contributed by atoms with E-state index >= 15 is 0 Å². The van der Waals surface area contributed by atoms with Crippen LogP contribution in [0, 0.1) is 0 Å². The molecule has 1 aromatic rings. The molecule has 21 heavy (non-hydrogen) atoms. The summed E-state index contributed by atoms with van der Waals surface area (Å²) in [5.74, 6) is 0. The molecule has 1 aliphatic rings. The number of amides is 1. The normalized spacial score (nSPS) is 19.5. The van der Waals surface area contributed by atoms with Gasteiger partial charge in [-0.1, -0.05) is 23.2 Å². The van der Waals surface area contributed by atoms with Gasteiger partial charge in [0.15, 0.2) is 0 Å². The summed E-state index contributed by atoms with van der Waals surface area (Å²) >= 11 is 12.1. The van der Waals surface area contributed by atoms with Crippen molar-refractivity contribution in [1.82, 2.24) is 15.2 Å². The lowest BCUT2D eigenvalue weighted by Gasteiger charge is -2.37. The SMILES string of the molecule is CC(C)(C)OC(=O)N1CCNCC1c1ncc(Cl)cc1Cl. The van der Waals surface area contributed by atoms with Gasteiger partial charge in [0.1, 0.15) is 5.60 Å². The zero-order valence-electron chi connectivity index (χ0n) is 12.3. The molecule has 1 aromatic heterocycles. The Hall–Kier alpha value is -1.04. The zero-order valence-corrected chi connectivity index (χ0v) is 13.8. The van der Waals surface area contributed by atoms with Gasteiger partial charge >= 0.3 is 6.09 Å². The number of piperazine rings is 1. The Morgan fingerprint density at radius 1 is 1.48 bits per heavy atom. The number of halogens is 2. The number of rotatable bonds is 1. The Labute approximate surface area is 134 Å². The molecule has 1 unspecified atom stereocenters. The van der Waals surface area contributed by atoms with Crippen LogP contribution < -0.4 is 5.32 Å². The summed E-state index contributed by atoms with van der Waals surface area (Å²) in [6.45, 7) is 7.36. The van der Waals surface area contributed by atoms with Crippen LogP contribution in [0.15, 0.2) is 12.3 Å². The second-order valence-corrected chi connectivity index (χ2v) is 6.76. The van der Waals surface area contributed by atoms with Gasteiger partial charge in [-0.15, -0.1) is 0 Å². The number of nitrogens with zero attached hydrogens (tertiary/aromatic N) is 2. The highest BCUT2D eigenvalue weighted by molar-refractivity contribution is 6.34. The van der Waals surface area contributed by atoms with Crippen molar-refractivity contribution in [2.75, 3.05) is 19.6 Å². The molecule has 7 heteroatoms. The maximum atomic E-state index is 12.4. The van der Waals surface area contributed by atoms with E-state index < -0.39 is 5.60 Å². The molecule has 0 radical (unpaired) electrons. The van der Waals surface area contributed by atoms with Crippen molar-refractivity contribution in [3.8, 4) is 0 Å². The van der Waals surface area contributed by atoms with E-state index in [2.05, 4.69) is 10.3 Å². The van der Waals surface area contributed by atoms with Gasteiger partial charge in [-0.3, -0.25) is 9.88 Å². The van der Waals surface area contributed by atoms with Gasteiger partial charge in [0.2, 0.25) is 0 Å². The van der Waals surface area contributed by atoms with E-state index in [4.69, 9.17) is 27.9 Å². The van der Waals surface area contributed by atoms with E-state index in [1.54, 1.807) is 11.0 Å². The van der Waals surface area contributed by atoms with Gasteiger partial charge in [0, 0.05) is 25.8 Å². The molecule has 5 nitrogen and oxygen atoms in total. The molecule has 0 aromatic carbocycles. The lowest BCUT2D eigenvalue weighted by atomic mass is 10.1. The Morgan fingerprint density at radius 3 is 2.81 bits per heavy atom. The molecule has 2 rings (SSSR count). The first-order valence-corrected chi connectivity index (χ1v) is 7.55. The Balaban J connectivity index is 2.24. The van der Waals surface area contributed by atoms with Crippen molar-refractivity contribution in [2.45, 2.75) is 32.4 Å². The lowest BCUT2D eigenvalue weighted by Crippen LogP contribution is -2.50. The molecular formula is C14H19Cl2N3O2. The summed E-state index contributed by atoms with van der Waals surface area (Å²) in [4.78, 5) is 18.3. The average molecular weight is 332 g/mol. The van der Waals surface area contributed by atoms with E-state index in [1.807, 2.05) is 20.8 Å². The summed E-state index contributed by atoms with van der Waals surface area (Å²) in [5, 5.41) is 4.16. The Kier molecular flexibility index (Phi) is 4.96. The summed E-state index contributed by atoms with van der Waals surface area (Å²) < 4.78 is 5.45. The van der Waals surface area contributed by atoms with Gasteiger partial charge in [-0.2, -0.15) is 0 Å². The molecule has 0 bridgehead atoms. The van der Waals surface area contributed by atoms with Crippen molar-refractivity contribution in [2.24, 2.45) is 0 Å². The molecule has 1 aliphatic heterocycles. The second kappa shape index (κ2) is 6.38. The summed E-state index contributed by atoms with van der Waals surface area (Å²) in [5.41, 5.74) is 0.0862. The van der Waals surface area contributed by atoms with Crippen LogP contribution in [0.2, 0.25) is 10.0 Å². The number of ether oxygens (including phenoxy) is 1. The van der Waals surface area contributed by atoms with Crippen LogP contribution in [0.25, 0.3) is 0 Å². The molecular weight excluding hydrogens is 313 g/mol. The van der Waals surface area contributed by atoms with Crippen molar-refractivity contribution in [3.05, 3.63) is 28.0 Å². The first-order valence-electron chi connectivity index (χ1n) is 6.79. The summed E-state index contributed by atoms with van der Waals surface area (Å²) in [6.07, 6.45) is 1.17. The molecule has 1 N–H and O–H groups in total. The van der Waals surface area contributed by atoms with Crippen LogP contribution >= 0.6 is 23.2 Å². The molecule has 116 valence electrons. The zero-order chi connectivity index (χ0) is 15.6. The monoisotopic (exact) mass is 331 g/mol. The third-order valence-electron chi connectivity index (χ3n) is 3.02. The fourth-order valence-electron chi connectivity index (χ4n) is 2.16. The summed E-state index contributed by atoms with van der Waals surface area (Å²) in [7, 11) is 0. The van der Waals surface area contributed by atoms with Crippen LogP contribution in [-0.2, 0) is 4.74 Å². The Morgan fingerprint density at radius 2 is 2.19 bits per heavy atom. The van der Waals surface area contributed by atoms with Crippen molar-refractivity contribution >= 4 is 29.3 Å². The third kappa shape index (κ3) is 4.22. The molecule has 1 saturated heterocycles. The van der Waals surface area contributed by atoms with Crippen molar-refractivity contribution in [3.63, 3.8) is 0 Å². The van der Waals surface area contributed by atoms with Crippen LogP contribution in [0.3, 0.4) is 0 Å². The highest BCUT2D eigenvalue weighted by Gasteiger charge is 2.33. The lowest BCUT2D eigenvalue weighted by molar-refractivity contribution is 0.0113. The predicted molar refractivity (Wildman–Crippen MR) is 82.8 cm³/mol. The minimum Gasteiger partial charge on any atom is -0.444 e. The molecule has 1 atom stereocenters. The first kappa shape index (κ1) is 16.3. The molecule has 0 saturated carbocycles. The molecule has 1 amide bonds. The minimum absolute atomic E-state index is 0.265. The fraction of sp³-hybridized carbons (Fsp3) is 0.571. The van der Waals surface area contributed by atoms with Gasteiger partial charge in [-0.25, -0.2) is 4.79 Å². The average Bonchev–Trinajstić information content (AvgIpc) is 2.37. The predicted octanol–water partition coefficient (Wildman–Crippen LogP) is 3.27. The largest absolute Gasteiger partial charge is 0.444 e. The highest BCUT2D eigenvalue weighted by atomic mass is 35.5. The van der Waals surface area contributed by atoms with E-state index in [0.717, 1.165) is 0 Å². The van der Waals surface area contributed by atoms with E-state index in [0.29, 0.717) is 35.4 Å². The van der Waals surface area contributed by atoms with Crippen LogP contribution in [0.5, 0.6) is 0 Å². The smallest absolute Gasteiger partial charge is 0.410 e. The number of nitrogens with one attached hydrogen (secondary N) is 1. The Bertz CT molecular complexity index is 531. The van der Waals surface area contributed by atoms with Crippen molar-refractivity contribution in [1.29, 1.82) is 0 Å². The van der Waals surface area contributed by atoms with Gasteiger partial charge in [0.05, 0.1) is 21.8 Å². The number of pyridine rings is 1.